The number of benzene rings is 3. The third kappa shape index (κ3) is 16.4. The van der Waals surface area contributed by atoms with Crippen LogP contribution in [0, 0.1) is 0 Å². The van der Waals surface area contributed by atoms with E-state index in [1.165, 1.54) is 0 Å². The van der Waals surface area contributed by atoms with Crippen LogP contribution in [-0.2, 0) is 33.8 Å². The number of nitrogens with one attached hydrogen (secondary N) is 3. The van der Waals surface area contributed by atoms with Crippen LogP contribution in [0.3, 0.4) is 0 Å². The molecule has 0 saturated carbocycles. The van der Waals surface area contributed by atoms with E-state index in [4.69, 9.17) is 9.47 Å². The number of ether oxygens (including phenoxy) is 2. The van der Waals surface area contributed by atoms with Gasteiger partial charge in [-0.05, 0) is 69.9 Å². The van der Waals surface area contributed by atoms with Crippen LogP contribution in [0.4, 0.5) is 4.79 Å². The van der Waals surface area contributed by atoms with E-state index in [1.54, 1.807) is 11.0 Å². The normalized spacial score (nSPS) is 12.5. The molecule has 3 aromatic rings. The molecule has 50 heavy (non-hydrogen) atoms. The van der Waals surface area contributed by atoms with Crippen molar-refractivity contribution >= 4 is 31.3 Å². The summed E-state index contributed by atoms with van der Waals surface area (Å²) in [7, 11) is 0. The highest BCUT2D eigenvalue weighted by atomic mass is 32.1. The van der Waals surface area contributed by atoms with Crippen LogP contribution in [0.2, 0.25) is 0 Å². The summed E-state index contributed by atoms with van der Waals surface area (Å²) in [6.45, 7) is 15.2. The van der Waals surface area contributed by atoms with Crippen molar-refractivity contribution in [3.8, 4) is 5.75 Å². The maximum atomic E-state index is 14.3. The largest absolute Gasteiger partial charge is 0.488 e. The van der Waals surface area contributed by atoms with Gasteiger partial charge in [0.15, 0.2) is 0 Å². The third-order valence-corrected chi connectivity index (χ3v) is 7.39. The summed E-state index contributed by atoms with van der Waals surface area (Å²) in [5, 5.41) is 8.72. The zero-order chi connectivity index (χ0) is 34.9. The molecule has 0 radical (unpaired) electrons. The molecule has 3 aromatic carbocycles. The number of carbonyl (C=O) groups is 3. The van der Waals surface area contributed by atoms with Crippen molar-refractivity contribution in [2.45, 2.75) is 98.2 Å². The maximum absolute atomic E-state index is 14.3. The molecular formula is C40H58N4O5S. The highest BCUT2D eigenvalue weighted by Gasteiger charge is 2.29. The van der Waals surface area contributed by atoms with Gasteiger partial charge in [0.1, 0.15) is 17.4 Å². The first kappa shape index (κ1) is 43.7. The minimum atomic E-state index is -0.860. The molecule has 274 valence electrons. The minimum absolute atomic E-state index is 0. The number of amides is 4. The van der Waals surface area contributed by atoms with Crippen LogP contribution in [0.5, 0.6) is 5.75 Å². The van der Waals surface area contributed by atoms with Gasteiger partial charge in [-0.3, -0.25) is 9.59 Å². The minimum Gasteiger partial charge on any atom is -0.488 e. The van der Waals surface area contributed by atoms with E-state index >= 15 is 0 Å². The maximum Gasteiger partial charge on any atom is 0.315 e. The predicted octanol–water partition coefficient (Wildman–Crippen LogP) is 6.93. The molecule has 3 N–H and O–H groups in total. The average Bonchev–Trinajstić information content (AvgIpc) is 3.04. The van der Waals surface area contributed by atoms with Gasteiger partial charge in [0.25, 0.3) is 0 Å². The molecule has 0 fully saturated rings. The zero-order valence-corrected chi connectivity index (χ0v) is 30.5. The van der Waals surface area contributed by atoms with E-state index in [-0.39, 0.29) is 63.3 Å². The van der Waals surface area contributed by atoms with E-state index in [0.29, 0.717) is 32.7 Å². The van der Waals surface area contributed by atoms with Crippen LogP contribution in [-0.4, -0.2) is 59.7 Å². The van der Waals surface area contributed by atoms with Crippen LogP contribution in [0.25, 0.3) is 0 Å². The molecule has 0 aliphatic heterocycles. The molecule has 9 nitrogen and oxygen atoms in total. The number of rotatable bonds is 18. The van der Waals surface area contributed by atoms with Gasteiger partial charge in [-0.1, -0.05) is 86.3 Å². The number of nitrogens with zero attached hydrogens (tertiary/aromatic N) is 1. The van der Waals surface area contributed by atoms with Gasteiger partial charge >= 0.3 is 6.03 Å². The van der Waals surface area contributed by atoms with E-state index in [9.17, 15) is 14.4 Å². The molecule has 0 heterocycles. The fourth-order valence-electron chi connectivity index (χ4n) is 5.27. The van der Waals surface area contributed by atoms with Crippen LogP contribution < -0.4 is 20.7 Å². The summed E-state index contributed by atoms with van der Waals surface area (Å²) in [5.41, 5.74) is 2.45. The molecular weight excluding hydrogens is 649 g/mol. The van der Waals surface area contributed by atoms with Gasteiger partial charge in [-0.25, -0.2) is 4.79 Å². The van der Waals surface area contributed by atoms with E-state index in [2.05, 4.69) is 22.5 Å². The van der Waals surface area contributed by atoms with Crippen molar-refractivity contribution < 1.29 is 23.9 Å². The van der Waals surface area contributed by atoms with Crippen LogP contribution in [0.1, 0.15) is 71.6 Å². The summed E-state index contributed by atoms with van der Waals surface area (Å²) in [5.74, 6) is 0.148. The van der Waals surface area contributed by atoms with Crippen molar-refractivity contribution in [3.63, 3.8) is 0 Å². The number of urea groups is 1. The predicted molar refractivity (Wildman–Crippen MR) is 208 cm³/mol. The first-order valence-electron chi connectivity index (χ1n) is 16.7. The Morgan fingerprint density at radius 3 is 2.04 bits per heavy atom. The Morgan fingerprint density at radius 1 is 0.880 bits per heavy atom. The Bertz CT molecular complexity index is 1430. The van der Waals surface area contributed by atoms with Gasteiger partial charge in [0.2, 0.25) is 11.8 Å². The van der Waals surface area contributed by atoms with Crippen LogP contribution >= 0.6 is 13.5 Å². The second kappa shape index (κ2) is 22.4. The summed E-state index contributed by atoms with van der Waals surface area (Å²) in [6, 6.07) is 25.2. The monoisotopic (exact) mass is 706 g/mol. The van der Waals surface area contributed by atoms with Gasteiger partial charge in [-0.2, -0.15) is 13.5 Å². The Balaban J connectivity index is 0.00000625. The second-order valence-corrected chi connectivity index (χ2v) is 12.9. The van der Waals surface area contributed by atoms with E-state index in [1.807, 2.05) is 120 Å². The Kier molecular flexibility index (Phi) is 19.6. The Morgan fingerprint density at radius 2 is 1.48 bits per heavy atom. The third-order valence-electron chi connectivity index (χ3n) is 7.39. The SMILES string of the molecule is C.C=CC[C@H](CC(=O)N[C@@H](Cc1ccc(OC(C)(C)C)cc1)C(=O)N(Cc1ccccc1)CC(C)OCC)NC(=O)NCc1ccccc1.S. The molecule has 0 aliphatic carbocycles. The molecule has 0 aromatic heterocycles. The molecule has 3 rings (SSSR count). The van der Waals surface area contributed by atoms with E-state index in [0.717, 1.165) is 22.4 Å². The average molecular weight is 707 g/mol. The smallest absolute Gasteiger partial charge is 0.315 e. The fourth-order valence-corrected chi connectivity index (χ4v) is 5.27. The van der Waals surface area contributed by atoms with Crippen molar-refractivity contribution in [2.75, 3.05) is 13.2 Å². The number of carbonyl (C=O) groups excluding carboxylic acids is 3. The number of hydrogen-bond acceptors (Lipinski definition) is 5. The van der Waals surface area contributed by atoms with Gasteiger partial charge in [-0.15, -0.1) is 6.58 Å². The second-order valence-electron chi connectivity index (χ2n) is 12.9. The molecule has 0 aliphatic rings. The first-order chi connectivity index (χ1) is 23.0. The van der Waals surface area contributed by atoms with Gasteiger partial charge in [0, 0.05) is 45.1 Å². The van der Waals surface area contributed by atoms with Crippen molar-refractivity contribution in [1.82, 2.24) is 20.9 Å². The number of hydrogen-bond donors (Lipinski definition) is 3. The molecule has 1 unspecified atom stereocenters. The summed E-state index contributed by atoms with van der Waals surface area (Å²) in [6.07, 6.45) is 2.08. The van der Waals surface area contributed by atoms with Crippen molar-refractivity contribution in [1.29, 1.82) is 0 Å². The molecule has 4 amide bonds. The topological polar surface area (TPSA) is 109 Å². The lowest BCUT2D eigenvalue weighted by atomic mass is 10.0. The van der Waals surface area contributed by atoms with E-state index < -0.39 is 12.1 Å². The lowest BCUT2D eigenvalue weighted by molar-refractivity contribution is -0.138. The zero-order valence-electron chi connectivity index (χ0n) is 29.5. The fraction of sp³-hybridized carbons (Fsp3) is 0.425. The highest BCUT2D eigenvalue weighted by Crippen LogP contribution is 2.20. The van der Waals surface area contributed by atoms with Crippen molar-refractivity contribution in [2.24, 2.45) is 0 Å². The molecule has 0 bridgehead atoms. The molecule has 0 spiro atoms. The van der Waals surface area contributed by atoms with Gasteiger partial charge < -0.3 is 30.3 Å². The van der Waals surface area contributed by atoms with Crippen molar-refractivity contribution in [3.05, 3.63) is 114 Å². The lowest BCUT2D eigenvalue weighted by Gasteiger charge is -2.30. The lowest BCUT2D eigenvalue weighted by Crippen LogP contribution is -2.52. The first-order valence-corrected chi connectivity index (χ1v) is 16.7. The Labute approximate surface area is 306 Å². The standard InChI is InChI=1S/C39H52N4O5.CH4.H2S/c1-7-15-33(41-38(46)40-26-31-16-11-9-12-17-31)25-36(44)42-35(24-30-20-22-34(23-21-30)48-39(4,5)6)37(45)43(27-29(3)47-8-2)28-32-18-13-10-14-19-32;;/h7,9-14,16-23,29,33,35H,1,8,15,24-28H2,2-6H3,(H,42,44)(H2,40,41,46);1H4;1H2/t29?,33-,35+;;/m1../s1. The highest BCUT2D eigenvalue weighted by molar-refractivity contribution is 7.59. The summed E-state index contributed by atoms with van der Waals surface area (Å²) in [4.78, 5) is 42.4. The molecule has 0 saturated heterocycles. The quantitative estimate of drug-likeness (QED) is 0.124. The van der Waals surface area contributed by atoms with Crippen LogP contribution in [0.15, 0.2) is 97.6 Å². The molecule has 3 atom stereocenters. The molecule has 10 heteroatoms. The van der Waals surface area contributed by atoms with Gasteiger partial charge in [0.05, 0.1) is 6.10 Å². The summed E-state index contributed by atoms with van der Waals surface area (Å²) < 4.78 is 11.8. The summed E-state index contributed by atoms with van der Waals surface area (Å²) >= 11 is 0. The Hall–Kier alpha value is -4.28.